The average Bonchev–Trinajstić information content (AvgIpc) is 3.58. The number of aromatic nitrogens is 1. The van der Waals surface area contributed by atoms with E-state index >= 15 is 0 Å². The van der Waals surface area contributed by atoms with Crippen LogP contribution in [0.3, 0.4) is 0 Å². The summed E-state index contributed by atoms with van der Waals surface area (Å²) in [6.07, 6.45) is 4.94. The number of guanidine groups is 1. The molecule has 2 aromatic rings. The monoisotopic (exact) mass is 439 g/mol. The number of ether oxygens (including phenoxy) is 1. The second-order valence-electron chi connectivity index (χ2n) is 9.14. The highest BCUT2D eigenvalue weighted by Gasteiger charge is 2.23. The number of nitrogens with zero attached hydrogens (tertiary/aromatic N) is 3. The van der Waals surface area contributed by atoms with Crippen molar-refractivity contribution in [1.29, 1.82) is 0 Å². The maximum Gasteiger partial charge on any atom is 0.208 e. The van der Waals surface area contributed by atoms with Crippen LogP contribution in [0.25, 0.3) is 0 Å². The minimum absolute atomic E-state index is 0.645. The van der Waals surface area contributed by atoms with Crippen molar-refractivity contribution in [2.75, 3.05) is 33.3 Å². The highest BCUT2D eigenvalue weighted by atomic mass is 16.5. The zero-order chi connectivity index (χ0) is 22.3. The van der Waals surface area contributed by atoms with Crippen LogP contribution in [0.4, 0.5) is 0 Å². The molecule has 4 rings (SSSR count). The molecular weight excluding hydrogens is 402 g/mol. The van der Waals surface area contributed by atoms with Crippen molar-refractivity contribution in [3.8, 4) is 5.75 Å². The summed E-state index contributed by atoms with van der Waals surface area (Å²) >= 11 is 0. The summed E-state index contributed by atoms with van der Waals surface area (Å²) < 4.78 is 11.8. The van der Waals surface area contributed by atoms with Gasteiger partial charge < -0.3 is 19.8 Å². The lowest BCUT2D eigenvalue weighted by Gasteiger charge is -2.31. The van der Waals surface area contributed by atoms with Gasteiger partial charge in [0.05, 0.1) is 18.8 Å². The number of rotatable bonds is 9. The van der Waals surface area contributed by atoms with E-state index in [0.29, 0.717) is 12.5 Å². The second kappa shape index (κ2) is 10.9. The number of aliphatic imine (C=N–C) groups is 1. The molecule has 7 heteroatoms. The smallest absolute Gasteiger partial charge is 0.208 e. The molecule has 2 fully saturated rings. The van der Waals surface area contributed by atoms with E-state index < -0.39 is 0 Å². The molecule has 1 saturated heterocycles. The van der Waals surface area contributed by atoms with Crippen molar-refractivity contribution in [2.24, 2.45) is 16.8 Å². The van der Waals surface area contributed by atoms with Crippen molar-refractivity contribution in [3.05, 3.63) is 47.2 Å². The Bertz CT molecular complexity index is 878. The Morgan fingerprint density at radius 2 is 1.91 bits per heavy atom. The Morgan fingerprint density at radius 3 is 2.59 bits per heavy atom. The number of hydrogen-bond acceptors (Lipinski definition) is 5. The molecule has 2 heterocycles. The Hall–Kier alpha value is -2.54. The van der Waals surface area contributed by atoms with E-state index in [1.165, 1.54) is 31.2 Å². The topological polar surface area (TPSA) is 74.9 Å². The van der Waals surface area contributed by atoms with Gasteiger partial charge in [-0.2, -0.15) is 0 Å². The zero-order valence-corrected chi connectivity index (χ0v) is 19.7. The van der Waals surface area contributed by atoms with Crippen LogP contribution in [0.2, 0.25) is 0 Å². The highest BCUT2D eigenvalue weighted by Crippen LogP contribution is 2.30. The summed E-state index contributed by atoms with van der Waals surface area (Å²) in [6.45, 7) is 9.40. The fraction of sp³-hybridized carbons (Fsp3) is 0.600. The number of oxazole rings is 1. The van der Waals surface area contributed by atoms with E-state index in [9.17, 15) is 0 Å². The number of benzene rings is 1. The lowest BCUT2D eigenvalue weighted by molar-refractivity contribution is 0.164. The van der Waals surface area contributed by atoms with E-state index in [-0.39, 0.29) is 0 Å². The number of para-hydroxylation sites is 1. The van der Waals surface area contributed by atoms with E-state index in [0.717, 1.165) is 67.8 Å². The Labute approximate surface area is 191 Å². The minimum atomic E-state index is 0.645. The van der Waals surface area contributed by atoms with E-state index in [1.807, 2.05) is 27.0 Å². The van der Waals surface area contributed by atoms with Crippen LogP contribution in [0.15, 0.2) is 33.7 Å². The van der Waals surface area contributed by atoms with Crippen molar-refractivity contribution in [1.82, 2.24) is 20.5 Å². The predicted octanol–water partition coefficient (Wildman–Crippen LogP) is 3.66. The van der Waals surface area contributed by atoms with Gasteiger partial charge in [-0.25, -0.2) is 4.98 Å². The molecule has 0 bridgehead atoms. The first kappa shape index (κ1) is 22.6. The van der Waals surface area contributed by atoms with Crippen molar-refractivity contribution in [2.45, 2.75) is 52.6 Å². The third-order valence-corrected chi connectivity index (χ3v) is 6.51. The molecular formula is C25H37N5O2. The third-order valence-electron chi connectivity index (χ3n) is 6.51. The van der Waals surface area contributed by atoms with Gasteiger partial charge in [0.15, 0.2) is 5.96 Å². The molecule has 1 aliphatic carbocycles. The Kier molecular flexibility index (Phi) is 7.68. The second-order valence-corrected chi connectivity index (χ2v) is 9.14. The SMILES string of the molecule is CN=C(NCc1ccccc1OCC1CC1)NCC1CCN(Cc2nc(C)c(C)o2)CC1. The molecule has 0 unspecified atom stereocenters. The predicted molar refractivity (Wildman–Crippen MR) is 127 cm³/mol. The molecule has 0 atom stereocenters. The van der Waals surface area contributed by atoms with Gasteiger partial charge in [0.25, 0.3) is 0 Å². The molecule has 1 saturated carbocycles. The molecule has 2 aliphatic rings. The lowest BCUT2D eigenvalue weighted by Crippen LogP contribution is -2.42. The number of piperidine rings is 1. The normalized spacial score (nSPS) is 18.0. The van der Waals surface area contributed by atoms with Crippen LogP contribution in [-0.4, -0.2) is 49.1 Å². The van der Waals surface area contributed by atoms with E-state index in [4.69, 9.17) is 9.15 Å². The summed E-state index contributed by atoms with van der Waals surface area (Å²) in [5.74, 6) is 4.98. The maximum atomic E-state index is 6.03. The quantitative estimate of drug-likeness (QED) is 0.459. The molecule has 1 aliphatic heterocycles. The summed E-state index contributed by atoms with van der Waals surface area (Å²) in [7, 11) is 1.83. The Balaban J connectivity index is 1.17. The summed E-state index contributed by atoms with van der Waals surface area (Å²) in [5.41, 5.74) is 2.16. The van der Waals surface area contributed by atoms with Gasteiger partial charge in [-0.05, 0) is 70.5 Å². The van der Waals surface area contributed by atoms with Crippen LogP contribution in [0.5, 0.6) is 5.75 Å². The van der Waals surface area contributed by atoms with Gasteiger partial charge in [-0.3, -0.25) is 9.89 Å². The molecule has 2 N–H and O–H groups in total. The molecule has 174 valence electrons. The van der Waals surface area contributed by atoms with Crippen LogP contribution in [0.1, 0.15) is 48.6 Å². The average molecular weight is 440 g/mol. The molecule has 1 aromatic heterocycles. The Morgan fingerprint density at radius 1 is 1.12 bits per heavy atom. The van der Waals surface area contributed by atoms with Gasteiger partial charge in [0, 0.05) is 25.7 Å². The molecule has 0 spiro atoms. The van der Waals surface area contributed by atoms with Gasteiger partial charge in [-0.1, -0.05) is 18.2 Å². The largest absolute Gasteiger partial charge is 0.493 e. The molecule has 1 aromatic carbocycles. The zero-order valence-electron chi connectivity index (χ0n) is 19.7. The van der Waals surface area contributed by atoms with E-state index in [2.05, 4.69) is 43.7 Å². The number of aryl methyl sites for hydroxylation is 2. The van der Waals surface area contributed by atoms with Crippen molar-refractivity contribution in [3.63, 3.8) is 0 Å². The minimum Gasteiger partial charge on any atom is -0.493 e. The molecule has 0 radical (unpaired) electrons. The first-order valence-corrected chi connectivity index (χ1v) is 11.9. The lowest BCUT2D eigenvalue weighted by atomic mass is 9.97. The van der Waals surface area contributed by atoms with Gasteiger partial charge in [0.2, 0.25) is 5.89 Å². The van der Waals surface area contributed by atoms with Gasteiger partial charge in [-0.15, -0.1) is 0 Å². The third kappa shape index (κ3) is 6.48. The van der Waals surface area contributed by atoms with Crippen LogP contribution in [-0.2, 0) is 13.1 Å². The van der Waals surface area contributed by atoms with Crippen molar-refractivity contribution >= 4 is 5.96 Å². The first-order chi connectivity index (χ1) is 15.6. The highest BCUT2D eigenvalue weighted by molar-refractivity contribution is 5.79. The number of nitrogens with one attached hydrogen (secondary N) is 2. The van der Waals surface area contributed by atoms with Gasteiger partial charge >= 0.3 is 0 Å². The van der Waals surface area contributed by atoms with Crippen LogP contribution in [0, 0.1) is 25.7 Å². The van der Waals surface area contributed by atoms with Crippen molar-refractivity contribution < 1.29 is 9.15 Å². The van der Waals surface area contributed by atoms with Crippen LogP contribution >= 0.6 is 0 Å². The molecule has 7 nitrogen and oxygen atoms in total. The fourth-order valence-corrected chi connectivity index (χ4v) is 4.07. The van der Waals surface area contributed by atoms with E-state index in [1.54, 1.807) is 0 Å². The van der Waals surface area contributed by atoms with Gasteiger partial charge in [0.1, 0.15) is 11.5 Å². The number of likely N-dealkylation sites (tertiary alicyclic amines) is 1. The summed E-state index contributed by atoms with van der Waals surface area (Å²) in [6, 6.07) is 8.28. The first-order valence-electron chi connectivity index (χ1n) is 11.9. The fourth-order valence-electron chi connectivity index (χ4n) is 4.07. The number of hydrogen-bond donors (Lipinski definition) is 2. The summed E-state index contributed by atoms with van der Waals surface area (Å²) in [5, 5.41) is 6.96. The summed E-state index contributed by atoms with van der Waals surface area (Å²) in [4.78, 5) is 11.4. The molecule has 0 amide bonds. The standard InChI is InChI=1S/C25H37N5O2/c1-18-19(2)32-24(29-18)16-30-12-10-20(11-13-30)14-27-25(26-3)28-15-22-6-4-5-7-23(22)31-17-21-8-9-21/h4-7,20-21H,8-17H2,1-3H3,(H2,26,27,28). The van der Waals surface area contributed by atoms with Crippen LogP contribution < -0.4 is 15.4 Å². The molecule has 32 heavy (non-hydrogen) atoms. The maximum absolute atomic E-state index is 6.03.